The van der Waals surface area contributed by atoms with E-state index in [0.29, 0.717) is 6.04 Å². The van der Waals surface area contributed by atoms with E-state index in [0.717, 1.165) is 23.7 Å². The third-order valence-corrected chi connectivity index (χ3v) is 4.30. The molecular weight excluding hydrogens is 150 g/mol. The predicted octanol–water partition coefficient (Wildman–Crippen LogP) is 0.945. The van der Waals surface area contributed by atoms with Crippen molar-refractivity contribution in [2.24, 2.45) is 29.4 Å². The Morgan fingerprint density at radius 3 is 1.58 bits per heavy atom. The van der Waals surface area contributed by atoms with Crippen molar-refractivity contribution in [2.75, 3.05) is 0 Å². The van der Waals surface area contributed by atoms with E-state index in [1.807, 2.05) is 0 Å². The number of rotatable bonds is 0. The first-order chi connectivity index (χ1) is 5.33. The Bertz CT molecular complexity index is 153. The van der Waals surface area contributed by atoms with Crippen LogP contribution in [0.2, 0.25) is 0 Å². The van der Waals surface area contributed by atoms with Crippen LogP contribution in [0.1, 0.15) is 32.1 Å². The van der Waals surface area contributed by atoms with Gasteiger partial charge in [-0.15, -0.1) is 0 Å². The van der Waals surface area contributed by atoms with Gasteiger partial charge in [-0.1, -0.05) is 0 Å². The largest absolute Gasteiger partial charge is 0.412 e. The maximum absolute atomic E-state index is 6.17. The SMILES string of the molecule is NC1C2CC3CC(C2)CC1C3.O. The molecule has 4 aliphatic carbocycles. The number of nitrogens with two attached hydrogens (primary N) is 1. The minimum Gasteiger partial charge on any atom is -0.412 e. The highest BCUT2D eigenvalue weighted by Crippen LogP contribution is 2.52. The van der Waals surface area contributed by atoms with Crippen LogP contribution in [-0.4, -0.2) is 11.5 Å². The zero-order valence-corrected chi connectivity index (χ0v) is 7.50. The van der Waals surface area contributed by atoms with Gasteiger partial charge in [0.15, 0.2) is 0 Å². The molecule has 70 valence electrons. The second-order valence-electron chi connectivity index (χ2n) is 5.01. The summed E-state index contributed by atoms with van der Waals surface area (Å²) in [4.78, 5) is 0. The molecule has 0 aromatic heterocycles. The van der Waals surface area contributed by atoms with Crippen LogP contribution in [0.15, 0.2) is 0 Å². The van der Waals surface area contributed by atoms with Gasteiger partial charge in [0.05, 0.1) is 0 Å². The first-order valence-electron chi connectivity index (χ1n) is 5.08. The number of hydrogen-bond donors (Lipinski definition) is 1. The fourth-order valence-electron chi connectivity index (χ4n) is 3.97. The molecule has 0 unspecified atom stereocenters. The van der Waals surface area contributed by atoms with Gasteiger partial charge in [0.1, 0.15) is 0 Å². The summed E-state index contributed by atoms with van der Waals surface area (Å²) in [5, 5.41) is 0. The highest BCUT2D eigenvalue weighted by atomic mass is 16.0. The molecule has 0 amide bonds. The Balaban J connectivity index is 0.000000563. The zero-order valence-electron chi connectivity index (χ0n) is 7.50. The molecule has 0 atom stereocenters. The van der Waals surface area contributed by atoms with Crippen LogP contribution in [0.4, 0.5) is 0 Å². The van der Waals surface area contributed by atoms with E-state index in [9.17, 15) is 0 Å². The van der Waals surface area contributed by atoms with Gasteiger partial charge in [-0.3, -0.25) is 0 Å². The van der Waals surface area contributed by atoms with Crippen molar-refractivity contribution in [1.29, 1.82) is 0 Å². The van der Waals surface area contributed by atoms with Gasteiger partial charge in [0.2, 0.25) is 0 Å². The van der Waals surface area contributed by atoms with Crippen molar-refractivity contribution in [1.82, 2.24) is 0 Å². The summed E-state index contributed by atoms with van der Waals surface area (Å²) in [6.07, 6.45) is 7.41. The highest BCUT2D eigenvalue weighted by Gasteiger charge is 2.46. The van der Waals surface area contributed by atoms with E-state index in [2.05, 4.69) is 0 Å². The predicted molar refractivity (Wildman–Crippen MR) is 48.6 cm³/mol. The van der Waals surface area contributed by atoms with E-state index < -0.39 is 0 Å². The Kier molecular flexibility index (Phi) is 1.92. The van der Waals surface area contributed by atoms with E-state index in [1.165, 1.54) is 25.7 Å². The van der Waals surface area contributed by atoms with Crippen LogP contribution in [0.3, 0.4) is 0 Å². The molecule has 2 nitrogen and oxygen atoms in total. The quantitative estimate of drug-likeness (QED) is 0.576. The summed E-state index contributed by atoms with van der Waals surface area (Å²) in [5.41, 5.74) is 6.17. The van der Waals surface area contributed by atoms with Crippen molar-refractivity contribution in [3.8, 4) is 0 Å². The molecule has 4 fully saturated rings. The number of hydrogen-bond acceptors (Lipinski definition) is 1. The molecule has 4 saturated carbocycles. The monoisotopic (exact) mass is 169 g/mol. The maximum atomic E-state index is 6.17. The molecule has 0 saturated heterocycles. The topological polar surface area (TPSA) is 57.5 Å². The normalized spacial score (nSPS) is 55.2. The molecule has 4 rings (SSSR count). The lowest BCUT2D eigenvalue weighted by Gasteiger charge is -2.53. The van der Waals surface area contributed by atoms with E-state index in [-0.39, 0.29) is 5.48 Å². The molecule has 0 radical (unpaired) electrons. The molecule has 0 aromatic rings. The van der Waals surface area contributed by atoms with Gasteiger partial charge in [0.25, 0.3) is 0 Å². The van der Waals surface area contributed by atoms with Crippen LogP contribution in [0.5, 0.6) is 0 Å². The molecular formula is C10H19NO. The fourth-order valence-corrected chi connectivity index (χ4v) is 3.97. The molecule has 2 heteroatoms. The standard InChI is InChI=1S/C10H17N.H2O/c11-10-8-2-6-1-7(4-8)5-9(10)3-6;/h6-10H,1-5,11H2;1H2. The Hall–Kier alpha value is -0.0800. The molecule has 4 bridgehead atoms. The lowest BCUT2D eigenvalue weighted by atomic mass is 9.54. The van der Waals surface area contributed by atoms with Gasteiger partial charge < -0.3 is 11.2 Å². The average molecular weight is 169 g/mol. The summed E-state index contributed by atoms with van der Waals surface area (Å²) in [6.45, 7) is 0. The van der Waals surface area contributed by atoms with Crippen LogP contribution in [-0.2, 0) is 0 Å². The fraction of sp³-hybridized carbons (Fsp3) is 1.00. The lowest BCUT2D eigenvalue weighted by Crippen LogP contribution is -2.52. The van der Waals surface area contributed by atoms with Crippen LogP contribution in [0, 0.1) is 23.7 Å². The van der Waals surface area contributed by atoms with Crippen molar-refractivity contribution >= 4 is 0 Å². The Morgan fingerprint density at radius 2 is 1.17 bits per heavy atom. The first-order valence-corrected chi connectivity index (χ1v) is 5.08. The van der Waals surface area contributed by atoms with E-state index in [4.69, 9.17) is 5.73 Å². The van der Waals surface area contributed by atoms with Gasteiger partial charge in [-0.2, -0.15) is 0 Å². The minimum absolute atomic E-state index is 0. The third kappa shape index (κ3) is 1.01. The second kappa shape index (κ2) is 2.71. The van der Waals surface area contributed by atoms with Crippen molar-refractivity contribution in [3.63, 3.8) is 0 Å². The molecule has 0 spiro atoms. The van der Waals surface area contributed by atoms with Gasteiger partial charge in [-0.25, -0.2) is 0 Å². The van der Waals surface area contributed by atoms with Crippen LogP contribution < -0.4 is 5.73 Å². The smallest absolute Gasteiger partial charge is 0.00960 e. The minimum atomic E-state index is 0. The first kappa shape index (κ1) is 8.52. The van der Waals surface area contributed by atoms with E-state index in [1.54, 1.807) is 6.42 Å². The lowest BCUT2D eigenvalue weighted by molar-refractivity contribution is 0.000349. The summed E-state index contributed by atoms with van der Waals surface area (Å²) in [6, 6.07) is 0.586. The molecule has 0 aliphatic heterocycles. The summed E-state index contributed by atoms with van der Waals surface area (Å²) < 4.78 is 0. The maximum Gasteiger partial charge on any atom is 0.00960 e. The molecule has 4 aliphatic rings. The summed E-state index contributed by atoms with van der Waals surface area (Å²) in [5.74, 6) is 4.01. The summed E-state index contributed by atoms with van der Waals surface area (Å²) >= 11 is 0. The van der Waals surface area contributed by atoms with Gasteiger partial charge >= 0.3 is 0 Å². The van der Waals surface area contributed by atoms with Gasteiger partial charge in [-0.05, 0) is 55.8 Å². The Morgan fingerprint density at radius 1 is 0.750 bits per heavy atom. The zero-order chi connectivity index (χ0) is 7.42. The second-order valence-corrected chi connectivity index (χ2v) is 5.01. The van der Waals surface area contributed by atoms with Gasteiger partial charge in [0, 0.05) is 6.04 Å². The van der Waals surface area contributed by atoms with Crippen molar-refractivity contribution in [2.45, 2.75) is 38.1 Å². The molecule has 0 aromatic carbocycles. The van der Waals surface area contributed by atoms with E-state index >= 15 is 0 Å². The average Bonchev–Trinajstić information content (AvgIpc) is 1.98. The third-order valence-electron chi connectivity index (χ3n) is 4.30. The Labute approximate surface area is 73.8 Å². The van der Waals surface area contributed by atoms with Crippen LogP contribution >= 0.6 is 0 Å². The molecule has 4 N–H and O–H groups in total. The molecule has 12 heavy (non-hydrogen) atoms. The van der Waals surface area contributed by atoms with Crippen molar-refractivity contribution < 1.29 is 5.48 Å². The molecule has 0 heterocycles. The highest BCUT2D eigenvalue weighted by molar-refractivity contribution is 4.99. The summed E-state index contributed by atoms with van der Waals surface area (Å²) in [7, 11) is 0. The van der Waals surface area contributed by atoms with Crippen molar-refractivity contribution in [3.05, 3.63) is 0 Å². The van der Waals surface area contributed by atoms with Crippen LogP contribution in [0.25, 0.3) is 0 Å².